The maximum Gasteiger partial charge on any atom is 0.222 e. The van der Waals surface area contributed by atoms with Crippen LogP contribution in [0.25, 0.3) is 0 Å². The highest BCUT2D eigenvalue weighted by molar-refractivity contribution is 5.77. The molecule has 2 fully saturated rings. The van der Waals surface area contributed by atoms with Crippen molar-refractivity contribution in [3.05, 3.63) is 17.0 Å². The topological polar surface area (TPSA) is 50.6 Å². The Bertz CT molecular complexity index is 607. The molecule has 140 valence electrons. The molecule has 6 heteroatoms. The number of carbonyl (C=O) groups excluding carboxylic acids is 1. The molecule has 1 aromatic rings. The Morgan fingerprint density at radius 2 is 1.96 bits per heavy atom. The molecule has 25 heavy (non-hydrogen) atoms. The van der Waals surface area contributed by atoms with Crippen LogP contribution in [0.15, 0.2) is 0 Å². The number of hydrogen-bond acceptors (Lipinski definition) is 4. The molecule has 0 saturated carbocycles. The first-order valence-corrected chi connectivity index (χ1v) is 9.59. The van der Waals surface area contributed by atoms with Crippen molar-refractivity contribution in [2.75, 3.05) is 39.4 Å². The molecule has 0 radical (unpaired) electrons. The molecule has 0 unspecified atom stereocenters. The van der Waals surface area contributed by atoms with Gasteiger partial charge < -0.3 is 9.64 Å². The van der Waals surface area contributed by atoms with E-state index in [2.05, 4.69) is 28.7 Å². The maximum atomic E-state index is 12.8. The minimum Gasteiger partial charge on any atom is -0.379 e. The van der Waals surface area contributed by atoms with Crippen LogP contribution < -0.4 is 0 Å². The second kappa shape index (κ2) is 7.87. The van der Waals surface area contributed by atoms with Gasteiger partial charge in [0.1, 0.15) is 0 Å². The number of carbonyl (C=O) groups is 1. The van der Waals surface area contributed by atoms with Gasteiger partial charge in [0.25, 0.3) is 0 Å². The lowest BCUT2D eigenvalue weighted by atomic mass is 9.99. The Kier molecular flexibility index (Phi) is 5.79. The second-order valence-electron chi connectivity index (χ2n) is 7.46. The summed E-state index contributed by atoms with van der Waals surface area (Å²) in [5.74, 6) is 0.876. The first-order chi connectivity index (χ1) is 12.0. The van der Waals surface area contributed by atoms with Crippen molar-refractivity contribution >= 4 is 5.91 Å². The lowest BCUT2D eigenvalue weighted by molar-refractivity contribution is -0.130. The summed E-state index contributed by atoms with van der Waals surface area (Å²) in [6.45, 7) is 11.8. The number of nitrogens with zero attached hydrogens (tertiary/aromatic N) is 4. The summed E-state index contributed by atoms with van der Waals surface area (Å²) in [7, 11) is 1.97. The van der Waals surface area contributed by atoms with E-state index in [1.807, 2.05) is 18.7 Å². The van der Waals surface area contributed by atoms with Crippen molar-refractivity contribution in [3.63, 3.8) is 0 Å². The van der Waals surface area contributed by atoms with Gasteiger partial charge in [-0.05, 0) is 31.7 Å². The number of hydrogen-bond donors (Lipinski definition) is 0. The molecule has 2 atom stereocenters. The zero-order chi connectivity index (χ0) is 18.0. The molecular weight excluding hydrogens is 316 g/mol. The van der Waals surface area contributed by atoms with Crippen molar-refractivity contribution in [2.24, 2.45) is 13.0 Å². The number of morpholine rings is 1. The first-order valence-electron chi connectivity index (χ1n) is 9.59. The molecular formula is C19H32N4O2. The van der Waals surface area contributed by atoms with E-state index in [1.54, 1.807) is 0 Å². The second-order valence-corrected chi connectivity index (χ2v) is 7.46. The van der Waals surface area contributed by atoms with E-state index in [9.17, 15) is 4.79 Å². The van der Waals surface area contributed by atoms with Crippen LogP contribution in [0.3, 0.4) is 0 Å². The van der Waals surface area contributed by atoms with Gasteiger partial charge in [0, 0.05) is 51.4 Å². The maximum absolute atomic E-state index is 12.8. The molecule has 2 aliphatic heterocycles. The van der Waals surface area contributed by atoms with Crippen LogP contribution in [0, 0.1) is 19.8 Å². The highest BCUT2D eigenvalue weighted by Gasteiger charge is 2.37. The molecule has 1 aromatic heterocycles. The van der Waals surface area contributed by atoms with E-state index in [0.29, 0.717) is 18.4 Å². The van der Waals surface area contributed by atoms with Gasteiger partial charge in [-0.3, -0.25) is 14.4 Å². The summed E-state index contributed by atoms with van der Waals surface area (Å²) in [5.41, 5.74) is 3.45. The van der Waals surface area contributed by atoms with Gasteiger partial charge in [0.05, 0.1) is 18.9 Å². The van der Waals surface area contributed by atoms with Crippen molar-refractivity contribution in [1.29, 1.82) is 0 Å². The largest absolute Gasteiger partial charge is 0.379 e. The van der Waals surface area contributed by atoms with E-state index in [4.69, 9.17) is 4.74 Å². The fourth-order valence-electron chi connectivity index (χ4n) is 4.35. The standard InChI is InChI=1S/C19H32N4O2/c1-5-16-12-23(13-18(16)22-8-10-25-11-9-22)19(24)7-6-17-14(2)20-21(4)15(17)3/h16,18H,5-13H2,1-4H3/t16-,18+/m0/s1. The quantitative estimate of drug-likeness (QED) is 0.810. The van der Waals surface area contributed by atoms with Gasteiger partial charge in [-0.2, -0.15) is 5.10 Å². The third-order valence-corrected chi connectivity index (χ3v) is 6.05. The van der Waals surface area contributed by atoms with Crippen LogP contribution in [-0.4, -0.2) is 70.9 Å². The van der Waals surface area contributed by atoms with E-state index in [0.717, 1.165) is 57.9 Å². The molecule has 1 amide bonds. The Morgan fingerprint density at radius 3 is 2.56 bits per heavy atom. The van der Waals surface area contributed by atoms with Gasteiger partial charge in [-0.15, -0.1) is 0 Å². The Balaban J connectivity index is 1.58. The monoisotopic (exact) mass is 348 g/mol. The lowest BCUT2D eigenvalue weighted by Gasteiger charge is -2.34. The molecule has 2 aliphatic rings. The summed E-state index contributed by atoms with van der Waals surface area (Å²) in [6, 6.07) is 0.500. The smallest absolute Gasteiger partial charge is 0.222 e. The molecule has 0 bridgehead atoms. The van der Waals surface area contributed by atoms with Crippen molar-refractivity contribution in [3.8, 4) is 0 Å². The highest BCUT2D eigenvalue weighted by Crippen LogP contribution is 2.26. The molecule has 2 saturated heterocycles. The Morgan fingerprint density at radius 1 is 1.24 bits per heavy atom. The molecule has 0 aliphatic carbocycles. The van der Waals surface area contributed by atoms with E-state index < -0.39 is 0 Å². The number of ether oxygens (including phenoxy) is 1. The van der Waals surface area contributed by atoms with Crippen LogP contribution in [0.2, 0.25) is 0 Å². The van der Waals surface area contributed by atoms with E-state index in [1.165, 1.54) is 11.3 Å². The van der Waals surface area contributed by atoms with Crippen molar-refractivity contribution in [2.45, 2.75) is 46.1 Å². The SMILES string of the molecule is CC[C@H]1CN(C(=O)CCc2c(C)nn(C)c2C)C[C@H]1N1CCOCC1. The Hall–Kier alpha value is -1.40. The van der Waals surface area contributed by atoms with Crippen LogP contribution in [-0.2, 0) is 23.0 Å². The average Bonchev–Trinajstić information content (AvgIpc) is 3.16. The van der Waals surface area contributed by atoms with E-state index in [-0.39, 0.29) is 5.91 Å². The predicted octanol–water partition coefficient (Wildman–Crippen LogP) is 1.54. The molecule has 0 N–H and O–H groups in total. The molecule has 3 heterocycles. The number of rotatable bonds is 5. The third kappa shape index (κ3) is 3.90. The van der Waals surface area contributed by atoms with Crippen LogP contribution >= 0.6 is 0 Å². The first kappa shape index (κ1) is 18.4. The van der Waals surface area contributed by atoms with E-state index >= 15 is 0 Å². The summed E-state index contributed by atoms with van der Waals surface area (Å²) < 4.78 is 7.39. The highest BCUT2D eigenvalue weighted by atomic mass is 16.5. The fourth-order valence-corrected chi connectivity index (χ4v) is 4.35. The molecule has 0 aromatic carbocycles. The summed E-state index contributed by atoms with van der Waals surface area (Å²) >= 11 is 0. The fraction of sp³-hybridized carbons (Fsp3) is 0.789. The normalized spacial score (nSPS) is 24.9. The van der Waals surface area contributed by atoms with Gasteiger partial charge in [-0.1, -0.05) is 13.3 Å². The number of likely N-dealkylation sites (tertiary alicyclic amines) is 1. The average molecular weight is 348 g/mol. The van der Waals surface area contributed by atoms with Crippen LogP contribution in [0.4, 0.5) is 0 Å². The zero-order valence-electron chi connectivity index (χ0n) is 16.1. The lowest BCUT2D eigenvalue weighted by Crippen LogP contribution is -2.47. The molecule has 3 rings (SSSR count). The summed E-state index contributed by atoms with van der Waals surface area (Å²) in [6.07, 6.45) is 2.51. The number of aromatic nitrogens is 2. The summed E-state index contributed by atoms with van der Waals surface area (Å²) in [4.78, 5) is 17.4. The number of amides is 1. The van der Waals surface area contributed by atoms with Gasteiger partial charge in [0.15, 0.2) is 0 Å². The zero-order valence-corrected chi connectivity index (χ0v) is 16.1. The third-order valence-electron chi connectivity index (χ3n) is 6.05. The number of aryl methyl sites for hydroxylation is 2. The Labute approximate surface area is 151 Å². The van der Waals surface area contributed by atoms with Gasteiger partial charge >= 0.3 is 0 Å². The molecule has 6 nitrogen and oxygen atoms in total. The summed E-state index contributed by atoms with van der Waals surface area (Å²) in [5, 5.41) is 4.46. The van der Waals surface area contributed by atoms with Crippen molar-refractivity contribution in [1.82, 2.24) is 19.6 Å². The minimum atomic E-state index is 0.289. The van der Waals surface area contributed by atoms with Crippen molar-refractivity contribution < 1.29 is 9.53 Å². The predicted molar refractivity (Wildman–Crippen MR) is 97.5 cm³/mol. The van der Waals surface area contributed by atoms with Crippen LogP contribution in [0.5, 0.6) is 0 Å². The molecule has 0 spiro atoms. The van der Waals surface area contributed by atoms with Gasteiger partial charge in [0.2, 0.25) is 5.91 Å². The van der Waals surface area contributed by atoms with Gasteiger partial charge in [-0.25, -0.2) is 0 Å². The minimum absolute atomic E-state index is 0.289. The van der Waals surface area contributed by atoms with Crippen LogP contribution in [0.1, 0.15) is 36.7 Å².